The number of hydrogen-bond acceptors (Lipinski definition) is 3. The number of benzene rings is 1. The molecule has 0 saturated heterocycles. The highest BCUT2D eigenvalue weighted by Crippen LogP contribution is 2.20. The summed E-state index contributed by atoms with van der Waals surface area (Å²) < 4.78 is 0. The van der Waals surface area contributed by atoms with E-state index in [1.165, 1.54) is 38.2 Å². The number of phenolic OH excluding ortho intramolecular Hbond substituents is 2. The number of carbonyl (C=O) groups is 1. The maximum atomic E-state index is 10.9. The van der Waals surface area contributed by atoms with Gasteiger partial charge in [0.15, 0.2) is 0 Å². The molecule has 0 aliphatic carbocycles. The van der Waals surface area contributed by atoms with Gasteiger partial charge in [0.25, 0.3) is 0 Å². The van der Waals surface area contributed by atoms with Crippen molar-refractivity contribution < 1.29 is 20.1 Å². The van der Waals surface area contributed by atoms with Crippen molar-refractivity contribution in [2.45, 2.75) is 71.1 Å². The van der Waals surface area contributed by atoms with Gasteiger partial charge in [-0.15, -0.1) is 0 Å². The van der Waals surface area contributed by atoms with E-state index in [1.807, 2.05) is 18.2 Å². The lowest BCUT2D eigenvalue weighted by molar-refractivity contribution is -0.132. The van der Waals surface area contributed by atoms with Crippen molar-refractivity contribution in [1.82, 2.24) is 0 Å². The normalized spacial score (nSPS) is 12.2. The van der Waals surface area contributed by atoms with Crippen molar-refractivity contribution in [2.24, 2.45) is 0 Å². The highest BCUT2D eigenvalue weighted by atomic mass is 16.4. The molecular weight excluding hydrogens is 352 g/mol. The predicted octanol–water partition coefficient (Wildman–Crippen LogP) is 6.29. The van der Waals surface area contributed by atoms with E-state index < -0.39 is 5.97 Å². The van der Waals surface area contributed by atoms with Crippen molar-refractivity contribution in [3.05, 3.63) is 59.7 Å². The van der Waals surface area contributed by atoms with Crippen LogP contribution < -0.4 is 0 Å². The van der Waals surface area contributed by atoms with Gasteiger partial charge in [-0.3, -0.25) is 0 Å². The van der Waals surface area contributed by atoms with Gasteiger partial charge in [-0.2, -0.15) is 0 Å². The van der Waals surface area contributed by atoms with Crippen LogP contribution in [0.5, 0.6) is 11.5 Å². The van der Waals surface area contributed by atoms with Gasteiger partial charge >= 0.3 is 5.97 Å². The zero-order valence-corrected chi connectivity index (χ0v) is 16.9. The van der Waals surface area contributed by atoms with Crippen LogP contribution in [0.15, 0.2) is 54.2 Å². The summed E-state index contributed by atoms with van der Waals surface area (Å²) in [6.45, 7) is 1.79. The van der Waals surface area contributed by atoms with Crippen molar-refractivity contribution in [1.29, 1.82) is 0 Å². The molecule has 0 saturated carbocycles. The molecule has 0 spiro atoms. The molecule has 4 nitrogen and oxygen atoms in total. The lowest BCUT2D eigenvalue weighted by Crippen LogP contribution is -1.99. The third kappa shape index (κ3) is 11.3. The predicted molar refractivity (Wildman–Crippen MR) is 115 cm³/mol. The average Bonchev–Trinajstić information content (AvgIpc) is 2.64. The number of rotatable bonds is 14. The number of allylic oxidation sites excluding steroid dienone is 5. The van der Waals surface area contributed by atoms with Gasteiger partial charge in [0, 0.05) is 11.6 Å². The fourth-order valence-corrected chi connectivity index (χ4v) is 3.07. The Balaban J connectivity index is 1.99. The topological polar surface area (TPSA) is 77.8 Å². The van der Waals surface area contributed by atoms with Crippen molar-refractivity contribution in [3.63, 3.8) is 0 Å². The molecule has 0 bridgehead atoms. The van der Waals surface area contributed by atoms with Crippen molar-refractivity contribution in [2.75, 3.05) is 0 Å². The largest absolute Gasteiger partial charge is 0.508 e. The van der Waals surface area contributed by atoms with Gasteiger partial charge in [-0.05, 0) is 56.7 Å². The molecule has 0 amide bonds. The second-order valence-electron chi connectivity index (χ2n) is 7.05. The Kier molecular flexibility index (Phi) is 12.2. The summed E-state index contributed by atoms with van der Waals surface area (Å²) in [5.74, 6) is -0.618. The molecule has 0 unspecified atom stereocenters. The van der Waals surface area contributed by atoms with E-state index in [2.05, 4.69) is 6.08 Å². The first-order chi connectivity index (χ1) is 13.5. The molecule has 0 aliphatic rings. The highest BCUT2D eigenvalue weighted by Gasteiger charge is 2.04. The van der Waals surface area contributed by atoms with E-state index >= 15 is 0 Å². The van der Waals surface area contributed by atoms with Gasteiger partial charge < -0.3 is 15.3 Å². The monoisotopic (exact) mass is 386 g/mol. The van der Waals surface area contributed by atoms with Crippen LogP contribution in [0.25, 0.3) is 0 Å². The number of unbranched alkanes of at least 4 members (excludes halogenated alkanes) is 7. The summed E-state index contributed by atoms with van der Waals surface area (Å²) in [6.07, 6.45) is 20.5. The molecule has 1 aromatic rings. The standard InChI is InChI=1S/C24H34O4/c1-2-21(24(27)28)16-14-12-10-8-6-4-3-5-7-9-11-13-15-20-17-22(25)19-23(26)18-20/h2,7,9,11,13,17-19,25-26H,3-6,8,10,12,14-16H2,1H3,(H,27,28)/b9-7-,13-11+,21-2-. The fourth-order valence-electron chi connectivity index (χ4n) is 3.07. The summed E-state index contributed by atoms with van der Waals surface area (Å²) in [7, 11) is 0. The number of aromatic hydroxyl groups is 2. The van der Waals surface area contributed by atoms with Crippen molar-refractivity contribution >= 4 is 5.97 Å². The molecule has 0 fully saturated rings. The Morgan fingerprint density at radius 2 is 1.43 bits per heavy atom. The van der Waals surface area contributed by atoms with E-state index in [4.69, 9.17) is 5.11 Å². The maximum absolute atomic E-state index is 10.9. The third-order valence-electron chi connectivity index (χ3n) is 4.64. The quantitative estimate of drug-likeness (QED) is 0.199. The smallest absolute Gasteiger partial charge is 0.331 e. The van der Waals surface area contributed by atoms with Crippen LogP contribution in [-0.2, 0) is 11.2 Å². The fraction of sp³-hybridized carbons (Fsp3) is 0.458. The summed E-state index contributed by atoms with van der Waals surface area (Å²) in [6, 6.07) is 4.63. The second kappa shape index (κ2) is 14.6. The summed E-state index contributed by atoms with van der Waals surface area (Å²) >= 11 is 0. The van der Waals surface area contributed by atoms with Gasteiger partial charge in [0.1, 0.15) is 11.5 Å². The average molecular weight is 387 g/mol. The van der Waals surface area contributed by atoms with Gasteiger partial charge in [0.05, 0.1) is 0 Å². The first-order valence-electron chi connectivity index (χ1n) is 10.2. The molecule has 0 aromatic heterocycles. The van der Waals surface area contributed by atoms with Crippen LogP contribution in [0.3, 0.4) is 0 Å². The number of phenols is 2. The first kappa shape index (κ1) is 23.5. The van der Waals surface area contributed by atoms with E-state index in [-0.39, 0.29) is 11.5 Å². The van der Waals surface area contributed by atoms with E-state index in [1.54, 1.807) is 25.1 Å². The van der Waals surface area contributed by atoms with Gasteiger partial charge in [0.2, 0.25) is 0 Å². The van der Waals surface area contributed by atoms with E-state index in [0.717, 1.165) is 24.8 Å². The van der Waals surface area contributed by atoms with E-state index in [0.29, 0.717) is 18.4 Å². The SMILES string of the molecule is C/C=C(/CCCCCCCCC/C=C\C=C\Cc1cc(O)cc(O)c1)C(=O)O. The minimum absolute atomic E-state index is 0.0850. The van der Waals surface area contributed by atoms with Crippen molar-refractivity contribution in [3.8, 4) is 11.5 Å². The Morgan fingerprint density at radius 3 is 2.04 bits per heavy atom. The van der Waals surface area contributed by atoms with Crippen LogP contribution in [0.4, 0.5) is 0 Å². The lowest BCUT2D eigenvalue weighted by Gasteiger charge is -2.02. The minimum atomic E-state index is -0.788. The number of carboxylic acids is 1. The zero-order valence-electron chi connectivity index (χ0n) is 16.9. The Hall–Kier alpha value is -2.49. The second-order valence-corrected chi connectivity index (χ2v) is 7.05. The number of aliphatic carboxylic acids is 1. The highest BCUT2D eigenvalue weighted by molar-refractivity contribution is 5.86. The molecule has 1 aromatic carbocycles. The van der Waals surface area contributed by atoms with Crippen LogP contribution in [0.2, 0.25) is 0 Å². The molecule has 28 heavy (non-hydrogen) atoms. The summed E-state index contributed by atoms with van der Waals surface area (Å²) in [5.41, 5.74) is 1.41. The minimum Gasteiger partial charge on any atom is -0.508 e. The summed E-state index contributed by atoms with van der Waals surface area (Å²) in [4.78, 5) is 10.9. The molecule has 0 aliphatic heterocycles. The molecular formula is C24H34O4. The lowest BCUT2D eigenvalue weighted by atomic mass is 10.0. The third-order valence-corrected chi connectivity index (χ3v) is 4.64. The molecule has 154 valence electrons. The zero-order chi connectivity index (χ0) is 20.6. The maximum Gasteiger partial charge on any atom is 0.331 e. The van der Waals surface area contributed by atoms with Gasteiger partial charge in [-0.25, -0.2) is 4.79 Å². The molecule has 4 heteroatoms. The molecule has 3 N–H and O–H groups in total. The Labute approximate surface area is 168 Å². The van der Waals surface area contributed by atoms with E-state index in [9.17, 15) is 15.0 Å². The van der Waals surface area contributed by atoms with Crippen LogP contribution in [-0.4, -0.2) is 21.3 Å². The molecule has 0 atom stereocenters. The van der Waals surface area contributed by atoms with Crippen LogP contribution >= 0.6 is 0 Å². The Bertz CT molecular complexity index is 651. The number of carboxylic acid groups (broad SMARTS) is 1. The number of hydrogen-bond donors (Lipinski definition) is 3. The van der Waals surface area contributed by atoms with Gasteiger partial charge in [-0.1, -0.05) is 62.5 Å². The Morgan fingerprint density at radius 1 is 0.857 bits per heavy atom. The summed E-state index contributed by atoms with van der Waals surface area (Å²) in [5, 5.41) is 27.8. The molecule has 1 rings (SSSR count). The molecule has 0 heterocycles. The molecule has 0 radical (unpaired) electrons. The first-order valence-corrected chi connectivity index (χ1v) is 10.2. The van der Waals surface area contributed by atoms with Crippen LogP contribution in [0, 0.1) is 0 Å². The van der Waals surface area contributed by atoms with Crippen LogP contribution in [0.1, 0.15) is 70.3 Å².